The third-order valence-electron chi connectivity index (χ3n) is 4.31. The lowest BCUT2D eigenvalue weighted by Crippen LogP contribution is -1.89. The predicted molar refractivity (Wildman–Crippen MR) is 117 cm³/mol. The van der Waals surface area contributed by atoms with E-state index in [1.54, 1.807) is 6.20 Å². The van der Waals surface area contributed by atoms with Crippen LogP contribution in [0.3, 0.4) is 0 Å². The third kappa shape index (κ3) is 3.29. The number of nitrogens with zero attached hydrogens (tertiary/aromatic N) is 1. The average Bonchev–Trinajstić information content (AvgIpc) is 3.09. The quantitative estimate of drug-likeness (QED) is 0.257. The standard InChI is InChI=1S/C23H14INO3/c24-20-14-17(13-19-18-8-1-2-9-21(18)28-23(19)20)26-15-6-5-7-16(12-15)27-22-10-3-4-11-25-22/h1-14H. The van der Waals surface area contributed by atoms with Crippen molar-refractivity contribution in [3.8, 4) is 23.1 Å². The van der Waals surface area contributed by atoms with Gasteiger partial charge in [-0.05, 0) is 59.0 Å². The fourth-order valence-electron chi connectivity index (χ4n) is 3.08. The summed E-state index contributed by atoms with van der Waals surface area (Å²) >= 11 is 2.28. The van der Waals surface area contributed by atoms with E-state index in [-0.39, 0.29) is 0 Å². The number of benzene rings is 3. The van der Waals surface area contributed by atoms with Gasteiger partial charge in [0.15, 0.2) is 0 Å². The molecule has 0 N–H and O–H groups in total. The monoisotopic (exact) mass is 479 g/mol. The highest BCUT2D eigenvalue weighted by Gasteiger charge is 2.12. The van der Waals surface area contributed by atoms with E-state index in [0.717, 1.165) is 31.3 Å². The van der Waals surface area contributed by atoms with Gasteiger partial charge in [0.2, 0.25) is 5.88 Å². The number of halogens is 1. The van der Waals surface area contributed by atoms with Crippen LogP contribution >= 0.6 is 22.6 Å². The van der Waals surface area contributed by atoms with Gasteiger partial charge in [-0.15, -0.1) is 0 Å². The molecule has 0 spiro atoms. The van der Waals surface area contributed by atoms with Crippen molar-refractivity contribution in [3.63, 3.8) is 0 Å². The first-order chi connectivity index (χ1) is 13.8. The summed E-state index contributed by atoms with van der Waals surface area (Å²) in [7, 11) is 0. The topological polar surface area (TPSA) is 44.5 Å². The second-order valence-corrected chi connectivity index (χ2v) is 7.39. The van der Waals surface area contributed by atoms with Crippen LogP contribution in [-0.4, -0.2) is 4.98 Å². The summed E-state index contributed by atoms with van der Waals surface area (Å²) in [6.45, 7) is 0. The fraction of sp³-hybridized carbons (Fsp3) is 0. The zero-order valence-corrected chi connectivity index (χ0v) is 16.8. The van der Waals surface area contributed by atoms with Gasteiger partial charge in [0.05, 0.1) is 3.57 Å². The maximum Gasteiger partial charge on any atom is 0.219 e. The van der Waals surface area contributed by atoms with Crippen molar-refractivity contribution in [2.45, 2.75) is 0 Å². The summed E-state index contributed by atoms with van der Waals surface area (Å²) < 4.78 is 18.9. The van der Waals surface area contributed by atoms with Gasteiger partial charge in [0.1, 0.15) is 28.4 Å². The minimum Gasteiger partial charge on any atom is -0.457 e. The maximum absolute atomic E-state index is 6.12. The molecule has 5 heteroatoms. The molecule has 0 radical (unpaired) electrons. The number of hydrogen-bond donors (Lipinski definition) is 0. The number of pyridine rings is 1. The van der Waals surface area contributed by atoms with Crippen LogP contribution in [0, 0.1) is 3.57 Å². The van der Waals surface area contributed by atoms with E-state index in [4.69, 9.17) is 13.9 Å². The molecule has 4 nitrogen and oxygen atoms in total. The highest BCUT2D eigenvalue weighted by Crippen LogP contribution is 2.36. The Kier molecular flexibility index (Phi) is 4.37. The lowest BCUT2D eigenvalue weighted by atomic mass is 10.1. The Morgan fingerprint density at radius 2 is 1.54 bits per heavy atom. The van der Waals surface area contributed by atoms with Crippen LogP contribution in [0.1, 0.15) is 0 Å². The van der Waals surface area contributed by atoms with Crippen molar-refractivity contribution in [3.05, 3.63) is 88.6 Å². The molecule has 0 saturated heterocycles. The summed E-state index contributed by atoms with van der Waals surface area (Å²) in [5.74, 6) is 2.65. The summed E-state index contributed by atoms with van der Waals surface area (Å²) in [5, 5.41) is 2.12. The SMILES string of the molecule is Ic1cc(Oc2cccc(Oc3ccccn3)c2)cc2c1oc1ccccc12. The summed E-state index contributed by atoms with van der Waals surface area (Å²) in [6.07, 6.45) is 1.70. The van der Waals surface area contributed by atoms with Gasteiger partial charge in [-0.1, -0.05) is 30.3 Å². The van der Waals surface area contributed by atoms with Crippen LogP contribution in [0.25, 0.3) is 21.9 Å². The van der Waals surface area contributed by atoms with Crippen LogP contribution in [0.4, 0.5) is 0 Å². The van der Waals surface area contributed by atoms with E-state index in [2.05, 4.69) is 33.6 Å². The molecule has 0 amide bonds. The molecular formula is C23H14INO3. The van der Waals surface area contributed by atoms with Gasteiger partial charge < -0.3 is 13.9 Å². The summed E-state index contributed by atoms with van der Waals surface area (Å²) in [6, 6.07) is 25.1. The molecule has 0 bridgehead atoms. The van der Waals surface area contributed by atoms with Crippen molar-refractivity contribution in [2.24, 2.45) is 0 Å². The van der Waals surface area contributed by atoms with E-state index in [1.807, 2.05) is 72.8 Å². The van der Waals surface area contributed by atoms with E-state index in [0.29, 0.717) is 17.4 Å². The van der Waals surface area contributed by atoms with Gasteiger partial charge in [-0.25, -0.2) is 4.98 Å². The maximum atomic E-state index is 6.12. The summed E-state index contributed by atoms with van der Waals surface area (Å²) in [4.78, 5) is 4.18. The Hall–Kier alpha value is -3.06. The normalized spacial score (nSPS) is 11.0. The number of para-hydroxylation sites is 1. The predicted octanol–water partition coefficient (Wildman–Crippen LogP) is 7.17. The van der Waals surface area contributed by atoms with Gasteiger partial charge in [0, 0.05) is 29.1 Å². The van der Waals surface area contributed by atoms with Crippen molar-refractivity contribution < 1.29 is 13.9 Å². The molecule has 136 valence electrons. The second-order valence-electron chi connectivity index (χ2n) is 6.23. The highest BCUT2D eigenvalue weighted by molar-refractivity contribution is 14.1. The number of rotatable bonds is 4. The molecule has 0 unspecified atom stereocenters. The smallest absolute Gasteiger partial charge is 0.219 e. The zero-order chi connectivity index (χ0) is 18.9. The lowest BCUT2D eigenvalue weighted by Gasteiger charge is -2.09. The fourth-order valence-corrected chi connectivity index (χ4v) is 3.79. The Balaban J connectivity index is 1.48. The average molecular weight is 479 g/mol. The van der Waals surface area contributed by atoms with Crippen molar-refractivity contribution in [1.82, 2.24) is 4.98 Å². The second kappa shape index (κ2) is 7.16. The largest absolute Gasteiger partial charge is 0.457 e. The number of ether oxygens (including phenoxy) is 2. The Bertz CT molecular complexity index is 1280. The molecule has 0 aliphatic heterocycles. The first kappa shape index (κ1) is 17.1. The molecule has 3 aromatic carbocycles. The highest BCUT2D eigenvalue weighted by atomic mass is 127. The molecule has 0 saturated carbocycles. The minimum absolute atomic E-state index is 0.542. The molecule has 0 aliphatic carbocycles. The van der Waals surface area contributed by atoms with Crippen LogP contribution < -0.4 is 9.47 Å². The minimum atomic E-state index is 0.542. The molecule has 0 atom stereocenters. The zero-order valence-electron chi connectivity index (χ0n) is 14.6. The Morgan fingerprint density at radius 1 is 0.714 bits per heavy atom. The van der Waals surface area contributed by atoms with Gasteiger partial charge in [-0.3, -0.25) is 0 Å². The molecule has 0 fully saturated rings. The first-order valence-electron chi connectivity index (χ1n) is 8.74. The van der Waals surface area contributed by atoms with E-state index < -0.39 is 0 Å². The van der Waals surface area contributed by atoms with Crippen LogP contribution in [0.15, 0.2) is 89.5 Å². The lowest BCUT2D eigenvalue weighted by molar-refractivity contribution is 0.449. The number of aromatic nitrogens is 1. The summed E-state index contributed by atoms with van der Waals surface area (Å²) in [5.41, 5.74) is 1.75. The van der Waals surface area contributed by atoms with Crippen molar-refractivity contribution in [1.29, 1.82) is 0 Å². The molecule has 28 heavy (non-hydrogen) atoms. The van der Waals surface area contributed by atoms with E-state index in [1.165, 1.54) is 0 Å². The molecule has 0 aliphatic rings. The number of fused-ring (bicyclic) bond motifs is 3. The molecule has 2 heterocycles. The molecule has 5 aromatic rings. The van der Waals surface area contributed by atoms with Gasteiger partial charge in [0.25, 0.3) is 0 Å². The van der Waals surface area contributed by atoms with Crippen LogP contribution in [-0.2, 0) is 0 Å². The van der Waals surface area contributed by atoms with Gasteiger partial charge >= 0.3 is 0 Å². The van der Waals surface area contributed by atoms with Crippen molar-refractivity contribution in [2.75, 3.05) is 0 Å². The number of hydrogen-bond acceptors (Lipinski definition) is 4. The van der Waals surface area contributed by atoms with E-state index in [9.17, 15) is 0 Å². The molecule has 5 rings (SSSR count). The Morgan fingerprint density at radius 3 is 2.39 bits per heavy atom. The van der Waals surface area contributed by atoms with E-state index >= 15 is 0 Å². The third-order valence-corrected chi connectivity index (χ3v) is 5.11. The Labute approximate surface area is 174 Å². The van der Waals surface area contributed by atoms with Crippen LogP contribution in [0.2, 0.25) is 0 Å². The number of furan rings is 1. The van der Waals surface area contributed by atoms with Crippen LogP contribution in [0.5, 0.6) is 23.1 Å². The first-order valence-corrected chi connectivity index (χ1v) is 9.82. The van der Waals surface area contributed by atoms with Crippen molar-refractivity contribution >= 4 is 44.5 Å². The molecular weight excluding hydrogens is 465 g/mol. The van der Waals surface area contributed by atoms with Gasteiger partial charge in [-0.2, -0.15) is 0 Å². The molecule has 2 aromatic heterocycles.